The van der Waals surface area contributed by atoms with Crippen LogP contribution < -0.4 is 5.32 Å². The van der Waals surface area contributed by atoms with Crippen LogP contribution in [0.5, 0.6) is 0 Å². The van der Waals surface area contributed by atoms with Crippen molar-refractivity contribution in [3.63, 3.8) is 0 Å². The Bertz CT molecular complexity index is 810. The second kappa shape index (κ2) is 5.85. The molecule has 3 heterocycles. The number of rotatable bonds is 3. The van der Waals surface area contributed by atoms with E-state index in [2.05, 4.69) is 34.3 Å². The van der Waals surface area contributed by atoms with Gasteiger partial charge in [-0.3, -0.25) is 9.69 Å². The van der Waals surface area contributed by atoms with Crippen molar-refractivity contribution in [1.29, 1.82) is 0 Å². The summed E-state index contributed by atoms with van der Waals surface area (Å²) in [4.78, 5) is 18.4. The molecule has 2 aromatic rings. The molecule has 0 spiro atoms. The number of ether oxygens (including phenoxy) is 1. The highest BCUT2D eigenvalue weighted by molar-refractivity contribution is 5.98. The van der Waals surface area contributed by atoms with Gasteiger partial charge in [0.2, 0.25) is 0 Å². The SMILES string of the molecule is Cc1ccc2[nH]c(C(=O)N[C@H]3C[C@H]4CO[C@H](C5CC5)CN4C3)cc2c1. The zero-order valence-corrected chi connectivity index (χ0v) is 14.6. The van der Waals surface area contributed by atoms with E-state index in [0.717, 1.165) is 42.9 Å². The first-order chi connectivity index (χ1) is 12.2. The number of carbonyl (C=O) groups is 1. The number of aromatic amines is 1. The average Bonchev–Trinajstić information content (AvgIpc) is 3.23. The van der Waals surface area contributed by atoms with Crippen molar-refractivity contribution >= 4 is 16.8 Å². The number of benzene rings is 1. The molecule has 1 aromatic carbocycles. The largest absolute Gasteiger partial charge is 0.375 e. The molecule has 1 amide bonds. The Kier molecular flexibility index (Phi) is 3.61. The molecule has 0 bridgehead atoms. The summed E-state index contributed by atoms with van der Waals surface area (Å²) in [6.07, 6.45) is 4.05. The molecular formula is C20H25N3O2. The highest BCUT2D eigenvalue weighted by atomic mass is 16.5. The highest BCUT2D eigenvalue weighted by Gasteiger charge is 2.42. The lowest BCUT2D eigenvalue weighted by Crippen LogP contribution is -2.47. The lowest BCUT2D eigenvalue weighted by Gasteiger charge is -2.35. The number of nitrogens with zero attached hydrogens (tertiary/aromatic N) is 1. The van der Waals surface area contributed by atoms with Gasteiger partial charge in [-0.2, -0.15) is 0 Å². The van der Waals surface area contributed by atoms with Gasteiger partial charge >= 0.3 is 0 Å². The van der Waals surface area contributed by atoms with Crippen LogP contribution in [0, 0.1) is 12.8 Å². The quantitative estimate of drug-likeness (QED) is 0.903. The Labute approximate surface area is 147 Å². The normalized spacial score (nSPS) is 29.7. The molecule has 1 aromatic heterocycles. The Morgan fingerprint density at radius 1 is 1.28 bits per heavy atom. The molecule has 5 rings (SSSR count). The van der Waals surface area contributed by atoms with Gasteiger partial charge in [0.1, 0.15) is 5.69 Å². The minimum absolute atomic E-state index is 0.00152. The number of aromatic nitrogens is 1. The second-order valence-electron chi connectivity index (χ2n) is 8.00. The summed E-state index contributed by atoms with van der Waals surface area (Å²) in [7, 11) is 0. The first kappa shape index (κ1) is 15.4. The number of H-pyrrole nitrogens is 1. The molecule has 1 saturated carbocycles. The molecule has 1 aliphatic carbocycles. The van der Waals surface area contributed by atoms with Crippen LogP contribution in [0.3, 0.4) is 0 Å². The van der Waals surface area contributed by atoms with E-state index >= 15 is 0 Å². The number of fused-ring (bicyclic) bond motifs is 2. The van der Waals surface area contributed by atoms with Crippen LogP contribution in [-0.2, 0) is 4.74 Å². The van der Waals surface area contributed by atoms with Crippen molar-refractivity contribution in [3.05, 3.63) is 35.5 Å². The van der Waals surface area contributed by atoms with E-state index in [1.54, 1.807) is 0 Å². The lowest BCUT2D eigenvalue weighted by atomic mass is 10.1. The van der Waals surface area contributed by atoms with E-state index in [-0.39, 0.29) is 11.9 Å². The topological polar surface area (TPSA) is 57.4 Å². The van der Waals surface area contributed by atoms with Crippen LogP contribution in [0.4, 0.5) is 0 Å². The zero-order chi connectivity index (χ0) is 17.0. The summed E-state index contributed by atoms with van der Waals surface area (Å²) >= 11 is 0. The monoisotopic (exact) mass is 339 g/mol. The fourth-order valence-electron chi connectivity index (χ4n) is 4.40. The Balaban J connectivity index is 1.25. The maximum absolute atomic E-state index is 12.7. The van der Waals surface area contributed by atoms with Gasteiger partial charge in [0, 0.05) is 36.1 Å². The number of morpholine rings is 1. The molecule has 2 N–H and O–H groups in total. The maximum atomic E-state index is 12.7. The van der Waals surface area contributed by atoms with E-state index in [1.165, 1.54) is 18.4 Å². The van der Waals surface area contributed by atoms with Crippen molar-refractivity contribution in [1.82, 2.24) is 15.2 Å². The van der Waals surface area contributed by atoms with Gasteiger partial charge < -0.3 is 15.0 Å². The van der Waals surface area contributed by atoms with Crippen molar-refractivity contribution in [3.8, 4) is 0 Å². The van der Waals surface area contributed by atoms with Gasteiger partial charge in [0.05, 0.1) is 12.7 Å². The number of amides is 1. The smallest absolute Gasteiger partial charge is 0.267 e. The van der Waals surface area contributed by atoms with Gasteiger partial charge in [0.15, 0.2) is 0 Å². The van der Waals surface area contributed by atoms with Crippen LogP contribution in [0.1, 0.15) is 35.3 Å². The summed E-state index contributed by atoms with van der Waals surface area (Å²) in [6.45, 7) is 4.87. The third-order valence-corrected chi connectivity index (χ3v) is 5.95. The summed E-state index contributed by atoms with van der Waals surface area (Å²) in [6, 6.07) is 8.83. The van der Waals surface area contributed by atoms with Crippen molar-refractivity contribution in [2.45, 2.75) is 44.4 Å². The Morgan fingerprint density at radius 3 is 3.00 bits per heavy atom. The molecular weight excluding hydrogens is 314 g/mol. The Morgan fingerprint density at radius 2 is 2.16 bits per heavy atom. The zero-order valence-electron chi connectivity index (χ0n) is 14.6. The molecule has 5 heteroatoms. The third kappa shape index (κ3) is 2.96. The van der Waals surface area contributed by atoms with Gasteiger partial charge in [-0.05, 0) is 50.3 Å². The molecule has 25 heavy (non-hydrogen) atoms. The second-order valence-corrected chi connectivity index (χ2v) is 8.00. The van der Waals surface area contributed by atoms with Gasteiger partial charge in [-0.25, -0.2) is 0 Å². The summed E-state index contributed by atoms with van der Waals surface area (Å²) in [5.41, 5.74) is 2.87. The van der Waals surface area contributed by atoms with Crippen LogP contribution in [0.25, 0.3) is 10.9 Å². The van der Waals surface area contributed by atoms with Crippen molar-refractivity contribution in [2.24, 2.45) is 5.92 Å². The summed E-state index contributed by atoms with van der Waals surface area (Å²) in [5, 5.41) is 4.31. The van der Waals surface area contributed by atoms with Crippen LogP contribution in [-0.4, -0.2) is 53.7 Å². The van der Waals surface area contributed by atoms with Gasteiger partial charge in [-0.15, -0.1) is 0 Å². The predicted molar refractivity (Wildman–Crippen MR) is 96.7 cm³/mol. The molecule has 2 saturated heterocycles. The fraction of sp³-hybridized carbons (Fsp3) is 0.550. The van der Waals surface area contributed by atoms with E-state index in [4.69, 9.17) is 4.74 Å². The first-order valence-electron chi connectivity index (χ1n) is 9.41. The molecule has 3 fully saturated rings. The van der Waals surface area contributed by atoms with E-state index in [9.17, 15) is 4.79 Å². The Hall–Kier alpha value is -1.85. The standard InChI is InChI=1S/C20H25N3O2/c1-12-2-5-17-14(6-12)7-18(22-17)20(24)21-15-8-16-11-25-19(13-3-4-13)10-23(16)9-15/h2,5-7,13,15-16,19,22H,3-4,8-11H2,1H3,(H,21,24)/t15-,16-,19-/m0/s1. The lowest BCUT2D eigenvalue weighted by molar-refractivity contribution is -0.0581. The van der Waals surface area contributed by atoms with E-state index < -0.39 is 0 Å². The predicted octanol–water partition coefficient (Wildman–Crippen LogP) is 2.46. The number of aryl methyl sites for hydroxylation is 1. The summed E-state index contributed by atoms with van der Waals surface area (Å²) in [5.74, 6) is 0.780. The molecule has 0 radical (unpaired) electrons. The van der Waals surface area contributed by atoms with Crippen LogP contribution in [0.15, 0.2) is 24.3 Å². The van der Waals surface area contributed by atoms with Gasteiger partial charge in [-0.1, -0.05) is 11.6 Å². The highest BCUT2D eigenvalue weighted by Crippen LogP contribution is 2.37. The minimum Gasteiger partial charge on any atom is -0.375 e. The third-order valence-electron chi connectivity index (χ3n) is 5.95. The van der Waals surface area contributed by atoms with Crippen molar-refractivity contribution in [2.75, 3.05) is 19.7 Å². The fourth-order valence-corrected chi connectivity index (χ4v) is 4.40. The molecule has 5 nitrogen and oxygen atoms in total. The van der Waals surface area contributed by atoms with Gasteiger partial charge in [0.25, 0.3) is 5.91 Å². The molecule has 2 aliphatic heterocycles. The molecule has 3 aliphatic rings. The van der Waals surface area contributed by atoms with E-state index in [0.29, 0.717) is 17.8 Å². The average molecular weight is 339 g/mol. The molecule has 132 valence electrons. The minimum atomic E-state index is -0.00152. The molecule has 0 unspecified atom stereocenters. The number of hydrogen-bond donors (Lipinski definition) is 2. The summed E-state index contributed by atoms with van der Waals surface area (Å²) < 4.78 is 6.04. The van der Waals surface area contributed by atoms with Crippen LogP contribution in [0.2, 0.25) is 0 Å². The maximum Gasteiger partial charge on any atom is 0.267 e. The van der Waals surface area contributed by atoms with Crippen molar-refractivity contribution < 1.29 is 9.53 Å². The van der Waals surface area contributed by atoms with Crippen LogP contribution >= 0.6 is 0 Å². The number of nitrogens with one attached hydrogen (secondary N) is 2. The van der Waals surface area contributed by atoms with E-state index in [1.807, 2.05) is 12.1 Å². The first-order valence-corrected chi connectivity index (χ1v) is 9.41. The number of hydrogen-bond acceptors (Lipinski definition) is 3. The molecule has 3 atom stereocenters. The number of carbonyl (C=O) groups excluding carboxylic acids is 1.